The molecule has 0 aliphatic carbocycles. The molecule has 5 nitrogen and oxygen atoms in total. The zero-order valence-corrected chi connectivity index (χ0v) is 13.4. The quantitative estimate of drug-likeness (QED) is 0.788. The van der Waals surface area contributed by atoms with Gasteiger partial charge in [0, 0.05) is 12.1 Å². The number of hydrogen-bond donors (Lipinski definition) is 1. The van der Waals surface area contributed by atoms with Crippen molar-refractivity contribution in [3.05, 3.63) is 23.2 Å². The van der Waals surface area contributed by atoms with Crippen molar-refractivity contribution in [2.45, 2.75) is 24.5 Å². The van der Waals surface area contributed by atoms with Crippen LogP contribution in [0.5, 0.6) is 0 Å². The number of methoxy groups -OCH3 is 1. The molecular formula is C14H17ClN2O3S. The number of imidazole rings is 1. The molecule has 0 spiro atoms. The molecule has 0 aliphatic heterocycles. The van der Waals surface area contributed by atoms with Gasteiger partial charge in [0.25, 0.3) is 0 Å². The largest absolute Gasteiger partial charge is 0.481 e. The molecule has 0 bridgehead atoms. The molecule has 114 valence electrons. The molecule has 7 heteroatoms. The number of ether oxygens (including phenoxy) is 1. The Labute approximate surface area is 132 Å². The van der Waals surface area contributed by atoms with E-state index in [2.05, 4.69) is 11.9 Å². The molecule has 21 heavy (non-hydrogen) atoms. The second-order valence-electron chi connectivity index (χ2n) is 4.60. The Morgan fingerprint density at radius 2 is 2.33 bits per heavy atom. The van der Waals surface area contributed by atoms with Crippen LogP contribution in [0.4, 0.5) is 0 Å². The Morgan fingerprint density at radius 3 is 2.95 bits per heavy atom. The van der Waals surface area contributed by atoms with Gasteiger partial charge in [0.1, 0.15) is 0 Å². The number of rotatable bonds is 7. The van der Waals surface area contributed by atoms with Crippen LogP contribution in [0.3, 0.4) is 0 Å². The van der Waals surface area contributed by atoms with Crippen molar-refractivity contribution < 1.29 is 14.6 Å². The van der Waals surface area contributed by atoms with Gasteiger partial charge in [-0.15, -0.1) is 0 Å². The minimum atomic E-state index is -0.864. The molecule has 0 fully saturated rings. The Balaban J connectivity index is 2.50. The van der Waals surface area contributed by atoms with E-state index < -0.39 is 5.97 Å². The van der Waals surface area contributed by atoms with E-state index in [1.807, 2.05) is 16.7 Å². The van der Waals surface area contributed by atoms with Crippen LogP contribution in [-0.4, -0.2) is 40.1 Å². The third kappa shape index (κ3) is 3.70. The lowest BCUT2D eigenvalue weighted by Crippen LogP contribution is -2.15. The minimum Gasteiger partial charge on any atom is -0.481 e. The van der Waals surface area contributed by atoms with Crippen LogP contribution in [0.25, 0.3) is 11.0 Å². The number of thioether (sulfide) groups is 1. The van der Waals surface area contributed by atoms with Crippen LogP contribution in [0.15, 0.2) is 23.4 Å². The number of halogens is 1. The fourth-order valence-corrected chi connectivity index (χ4v) is 3.17. The van der Waals surface area contributed by atoms with Gasteiger partial charge in [0.2, 0.25) is 0 Å². The van der Waals surface area contributed by atoms with Crippen LogP contribution in [0, 0.1) is 0 Å². The second kappa shape index (κ2) is 7.15. The standard InChI is InChI=1S/C14H17ClN2O3S/c1-3-10(7-20-2)17-12-5-4-9(15)6-11(12)16-14(17)21-8-13(18)19/h4-6,10H,3,7-8H2,1-2H3,(H,18,19). The first kappa shape index (κ1) is 16.1. The third-order valence-corrected chi connectivity index (χ3v) is 4.31. The number of carbonyl (C=O) groups is 1. The van der Waals surface area contributed by atoms with E-state index >= 15 is 0 Å². The predicted molar refractivity (Wildman–Crippen MR) is 84.3 cm³/mol. The highest BCUT2D eigenvalue weighted by Gasteiger charge is 2.19. The van der Waals surface area contributed by atoms with Gasteiger partial charge < -0.3 is 14.4 Å². The van der Waals surface area contributed by atoms with Crippen LogP contribution in [0.1, 0.15) is 19.4 Å². The molecule has 1 aromatic heterocycles. The van der Waals surface area contributed by atoms with Crippen LogP contribution >= 0.6 is 23.4 Å². The average molecular weight is 329 g/mol. The maximum Gasteiger partial charge on any atom is 0.313 e. The smallest absolute Gasteiger partial charge is 0.313 e. The number of nitrogens with zero attached hydrogens (tertiary/aromatic N) is 2. The number of carboxylic acids is 1. The fourth-order valence-electron chi connectivity index (χ4n) is 2.20. The zero-order valence-electron chi connectivity index (χ0n) is 11.9. The second-order valence-corrected chi connectivity index (χ2v) is 5.98. The number of carboxylic acid groups (broad SMARTS) is 1. The van der Waals surface area contributed by atoms with Gasteiger partial charge in [-0.05, 0) is 24.6 Å². The summed E-state index contributed by atoms with van der Waals surface area (Å²) < 4.78 is 7.32. The summed E-state index contributed by atoms with van der Waals surface area (Å²) in [6.45, 7) is 2.61. The summed E-state index contributed by atoms with van der Waals surface area (Å²) in [6, 6.07) is 5.62. The number of fused-ring (bicyclic) bond motifs is 1. The molecule has 1 aromatic carbocycles. The first-order valence-corrected chi connectivity index (χ1v) is 7.94. The lowest BCUT2D eigenvalue weighted by molar-refractivity contribution is -0.133. The van der Waals surface area contributed by atoms with Crippen LogP contribution in [-0.2, 0) is 9.53 Å². The van der Waals surface area contributed by atoms with Crippen molar-refractivity contribution in [2.75, 3.05) is 19.5 Å². The molecule has 0 aliphatic rings. The fraction of sp³-hybridized carbons (Fsp3) is 0.429. The van der Waals surface area contributed by atoms with Crippen molar-refractivity contribution in [3.63, 3.8) is 0 Å². The monoisotopic (exact) mass is 328 g/mol. The SMILES string of the molecule is CCC(COC)n1c(SCC(=O)O)nc2cc(Cl)ccc21. The van der Waals surface area contributed by atoms with Crippen molar-refractivity contribution in [2.24, 2.45) is 0 Å². The normalized spacial score (nSPS) is 12.7. The molecule has 1 heterocycles. The molecule has 2 aromatic rings. The highest BCUT2D eigenvalue weighted by atomic mass is 35.5. The minimum absolute atomic E-state index is 0.0273. The molecule has 1 unspecified atom stereocenters. The lowest BCUT2D eigenvalue weighted by atomic mass is 10.2. The maximum atomic E-state index is 10.8. The summed E-state index contributed by atoms with van der Waals surface area (Å²) in [6.07, 6.45) is 0.864. The first-order chi connectivity index (χ1) is 10.1. The van der Waals surface area contributed by atoms with E-state index in [1.54, 1.807) is 13.2 Å². The molecule has 0 amide bonds. The molecule has 0 radical (unpaired) electrons. The molecular weight excluding hydrogens is 312 g/mol. The van der Waals surface area contributed by atoms with Crippen molar-refractivity contribution in [1.82, 2.24) is 9.55 Å². The Hall–Kier alpha value is -1.24. The summed E-state index contributed by atoms with van der Waals surface area (Å²) in [4.78, 5) is 15.3. The van der Waals surface area contributed by atoms with Gasteiger partial charge in [-0.25, -0.2) is 4.98 Å². The third-order valence-electron chi connectivity index (χ3n) is 3.14. The summed E-state index contributed by atoms with van der Waals surface area (Å²) in [5.41, 5.74) is 1.71. The zero-order chi connectivity index (χ0) is 15.4. The Kier molecular flexibility index (Phi) is 5.50. The lowest BCUT2D eigenvalue weighted by Gasteiger charge is -2.19. The average Bonchev–Trinajstić information content (AvgIpc) is 2.79. The van der Waals surface area contributed by atoms with Gasteiger partial charge in [-0.3, -0.25) is 4.79 Å². The number of aliphatic carboxylic acids is 1. The molecule has 0 saturated heterocycles. The van der Waals surface area contributed by atoms with Gasteiger partial charge in [0.15, 0.2) is 5.16 Å². The Bertz CT molecular complexity index is 644. The molecule has 1 atom stereocenters. The highest BCUT2D eigenvalue weighted by molar-refractivity contribution is 7.99. The first-order valence-electron chi connectivity index (χ1n) is 6.57. The van der Waals surface area contributed by atoms with E-state index in [9.17, 15) is 4.79 Å². The van der Waals surface area contributed by atoms with E-state index in [1.165, 1.54) is 11.8 Å². The van der Waals surface area contributed by atoms with Gasteiger partial charge >= 0.3 is 5.97 Å². The van der Waals surface area contributed by atoms with Crippen LogP contribution < -0.4 is 0 Å². The van der Waals surface area contributed by atoms with Crippen molar-refractivity contribution in [3.8, 4) is 0 Å². The van der Waals surface area contributed by atoms with E-state index in [0.29, 0.717) is 16.8 Å². The summed E-state index contributed by atoms with van der Waals surface area (Å²) >= 11 is 7.22. The van der Waals surface area contributed by atoms with Gasteiger partial charge in [-0.1, -0.05) is 30.3 Å². The maximum absolute atomic E-state index is 10.8. The topological polar surface area (TPSA) is 64.3 Å². The Morgan fingerprint density at radius 1 is 1.57 bits per heavy atom. The molecule has 2 rings (SSSR count). The summed E-state index contributed by atoms with van der Waals surface area (Å²) in [5, 5.41) is 10.2. The van der Waals surface area contributed by atoms with E-state index in [-0.39, 0.29) is 11.8 Å². The number of hydrogen-bond acceptors (Lipinski definition) is 4. The molecule has 1 N–H and O–H groups in total. The summed E-state index contributed by atoms with van der Waals surface area (Å²) in [5.74, 6) is -0.892. The molecule has 0 saturated carbocycles. The van der Waals surface area contributed by atoms with Crippen molar-refractivity contribution in [1.29, 1.82) is 0 Å². The number of aromatic nitrogens is 2. The van der Waals surface area contributed by atoms with Crippen molar-refractivity contribution >= 4 is 40.4 Å². The van der Waals surface area contributed by atoms with E-state index in [0.717, 1.165) is 17.5 Å². The number of benzene rings is 1. The summed E-state index contributed by atoms with van der Waals surface area (Å²) in [7, 11) is 1.66. The van der Waals surface area contributed by atoms with Gasteiger partial charge in [-0.2, -0.15) is 0 Å². The van der Waals surface area contributed by atoms with Gasteiger partial charge in [0.05, 0.1) is 29.4 Å². The highest BCUT2D eigenvalue weighted by Crippen LogP contribution is 2.30. The van der Waals surface area contributed by atoms with Crippen LogP contribution in [0.2, 0.25) is 5.02 Å². The predicted octanol–water partition coefficient (Wildman–Crippen LogP) is 3.46. The van der Waals surface area contributed by atoms with E-state index in [4.69, 9.17) is 21.4 Å².